The van der Waals surface area contributed by atoms with E-state index in [1.54, 1.807) is 38.1 Å². The zero-order chi connectivity index (χ0) is 39.2. The maximum atomic E-state index is 14.0. The third kappa shape index (κ3) is 13.0. The Hall–Kier alpha value is -5.32. The number of H-pyrrole nitrogens is 1. The molecule has 2 aromatic rings. The number of aromatic amines is 1. The zero-order valence-corrected chi connectivity index (χ0v) is 30.7. The minimum Gasteiger partial charge on any atom is -0.480 e. The van der Waals surface area contributed by atoms with Crippen molar-refractivity contribution in [3.8, 4) is 0 Å². The van der Waals surface area contributed by atoms with Gasteiger partial charge in [0, 0.05) is 37.7 Å². The van der Waals surface area contributed by atoms with E-state index in [4.69, 9.17) is 11.5 Å². The molecule has 10 N–H and O–H groups in total. The van der Waals surface area contributed by atoms with Crippen LogP contribution in [-0.4, -0.2) is 104 Å². The molecule has 17 heteroatoms. The summed E-state index contributed by atoms with van der Waals surface area (Å²) in [5, 5.41) is 20.4. The van der Waals surface area contributed by atoms with Crippen molar-refractivity contribution in [2.75, 3.05) is 6.54 Å². The average Bonchev–Trinajstić information content (AvgIpc) is 3.81. The Morgan fingerprint density at radius 2 is 1.53 bits per heavy atom. The van der Waals surface area contributed by atoms with Gasteiger partial charge in [0.15, 0.2) is 0 Å². The quantitative estimate of drug-likeness (QED) is 0.0863. The lowest BCUT2D eigenvalue weighted by Gasteiger charge is -2.31. The number of hydrogen-bond donors (Lipinski definition) is 8. The molecule has 1 saturated heterocycles. The minimum atomic E-state index is -1.31. The third-order valence-electron chi connectivity index (χ3n) is 9.00. The van der Waals surface area contributed by atoms with Gasteiger partial charge in [0.05, 0.1) is 12.4 Å². The number of primary amides is 1. The van der Waals surface area contributed by atoms with Crippen LogP contribution in [0, 0.1) is 11.8 Å². The number of rotatable bonds is 20. The summed E-state index contributed by atoms with van der Waals surface area (Å²) in [6, 6.07) is 2.24. The van der Waals surface area contributed by atoms with Crippen molar-refractivity contribution in [1.82, 2.24) is 36.1 Å². The smallest absolute Gasteiger partial charge is 0.326 e. The second-order valence-corrected chi connectivity index (χ2v) is 14.1. The van der Waals surface area contributed by atoms with E-state index in [9.17, 15) is 38.7 Å². The summed E-state index contributed by atoms with van der Waals surface area (Å²) in [6.07, 6.45) is 3.24. The fourth-order valence-corrected chi connectivity index (χ4v) is 6.01. The van der Waals surface area contributed by atoms with Crippen molar-refractivity contribution in [2.45, 2.75) is 109 Å². The number of carboxylic acid groups (broad SMARTS) is 1. The van der Waals surface area contributed by atoms with Gasteiger partial charge in [-0.3, -0.25) is 28.8 Å². The van der Waals surface area contributed by atoms with Crippen molar-refractivity contribution < 1.29 is 38.7 Å². The van der Waals surface area contributed by atoms with E-state index in [1.807, 2.05) is 19.9 Å². The monoisotopic (exact) mass is 739 g/mol. The van der Waals surface area contributed by atoms with Crippen molar-refractivity contribution in [3.63, 3.8) is 0 Å². The highest BCUT2D eigenvalue weighted by Crippen LogP contribution is 2.21. The van der Waals surface area contributed by atoms with Gasteiger partial charge in [-0.25, -0.2) is 9.78 Å². The summed E-state index contributed by atoms with van der Waals surface area (Å²) >= 11 is 0. The molecule has 0 radical (unpaired) electrons. The van der Waals surface area contributed by atoms with E-state index >= 15 is 0 Å². The number of benzene rings is 1. The molecule has 2 heterocycles. The van der Waals surface area contributed by atoms with Crippen LogP contribution in [0.15, 0.2) is 42.9 Å². The van der Waals surface area contributed by atoms with Gasteiger partial charge in [0.1, 0.15) is 30.2 Å². The molecule has 0 aliphatic carbocycles. The third-order valence-corrected chi connectivity index (χ3v) is 9.00. The SMILES string of the molecule is CC(C)C[C@H](NC(=O)[C@H](Cc1ccccc1)NC(=O)[C@@H](N)C(C)C)C(=O)N[C@@H](CCC(N)=O)C(=O)N1CCC[C@H]1C(=O)N[C@@H](Cc1cnc[nH]1)C(=O)O. The van der Waals surface area contributed by atoms with E-state index < -0.39 is 77.7 Å². The number of likely N-dealkylation sites (tertiary alicyclic amines) is 1. The van der Waals surface area contributed by atoms with Crippen molar-refractivity contribution in [2.24, 2.45) is 23.3 Å². The van der Waals surface area contributed by atoms with Gasteiger partial charge in [-0.15, -0.1) is 0 Å². The van der Waals surface area contributed by atoms with E-state index in [0.29, 0.717) is 12.1 Å². The second-order valence-electron chi connectivity index (χ2n) is 14.1. The van der Waals surface area contributed by atoms with Gasteiger partial charge >= 0.3 is 5.97 Å². The minimum absolute atomic E-state index is 0.0671. The lowest BCUT2D eigenvalue weighted by Crippen LogP contribution is -2.60. The molecule has 0 saturated carbocycles. The molecule has 0 unspecified atom stereocenters. The number of aromatic nitrogens is 2. The van der Waals surface area contributed by atoms with Crippen LogP contribution in [0.25, 0.3) is 0 Å². The summed E-state index contributed by atoms with van der Waals surface area (Å²) in [5.41, 5.74) is 12.7. The number of carboxylic acids is 1. The highest BCUT2D eigenvalue weighted by molar-refractivity contribution is 5.97. The highest BCUT2D eigenvalue weighted by atomic mass is 16.4. The predicted octanol–water partition coefficient (Wildman–Crippen LogP) is -0.495. The van der Waals surface area contributed by atoms with Gasteiger partial charge in [0.25, 0.3) is 0 Å². The number of amides is 6. The van der Waals surface area contributed by atoms with E-state index in [1.165, 1.54) is 17.4 Å². The summed E-state index contributed by atoms with van der Waals surface area (Å²) in [5.74, 6) is -5.53. The maximum Gasteiger partial charge on any atom is 0.326 e. The Kier molecular flexibility index (Phi) is 15.9. The van der Waals surface area contributed by atoms with Crippen LogP contribution in [0.4, 0.5) is 0 Å². The molecular weight excluding hydrogens is 686 g/mol. The first-order valence-corrected chi connectivity index (χ1v) is 17.9. The molecule has 1 aromatic heterocycles. The summed E-state index contributed by atoms with van der Waals surface area (Å²) in [6.45, 7) is 7.39. The average molecular weight is 740 g/mol. The van der Waals surface area contributed by atoms with Crippen LogP contribution < -0.4 is 32.7 Å². The Balaban J connectivity index is 1.81. The number of carbonyl (C=O) groups excluding carboxylic acids is 6. The molecule has 6 amide bonds. The molecular formula is C36H53N9O8. The Morgan fingerprint density at radius 1 is 0.887 bits per heavy atom. The van der Waals surface area contributed by atoms with Crippen molar-refractivity contribution in [3.05, 3.63) is 54.1 Å². The summed E-state index contributed by atoms with van der Waals surface area (Å²) in [7, 11) is 0. The number of nitrogens with zero attached hydrogens (tertiary/aromatic N) is 2. The van der Waals surface area contributed by atoms with E-state index in [-0.39, 0.29) is 56.9 Å². The second kappa shape index (κ2) is 20.1. The van der Waals surface area contributed by atoms with Crippen LogP contribution in [0.2, 0.25) is 0 Å². The summed E-state index contributed by atoms with van der Waals surface area (Å²) in [4.78, 5) is 99.7. The molecule has 1 aromatic carbocycles. The summed E-state index contributed by atoms with van der Waals surface area (Å²) < 4.78 is 0. The number of aliphatic carboxylic acids is 1. The molecule has 0 bridgehead atoms. The predicted molar refractivity (Wildman–Crippen MR) is 193 cm³/mol. The normalized spacial score (nSPS) is 17.0. The van der Waals surface area contributed by atoms with Crippen LogP contribution in [-0.2, 0) is 46.4 Å². The van der Waals surface area contributed by atoms with Crippen LogP contribution in [0.3, 0.4) is 0 Å². The maximum absolute atomic E-state index is 14.0. The molecule has 290 valence electrons. The highest BCUT2D eigenvalue weighted by Gasteiger charge is 2.40. The van der Waals surface area contributed by atoms with Crippen molar-refractivity contribution in [1.29, 1.82) is 0 Å². The topological polar surface area (TPSA) is 272 Å². The van der Waals surface area contributed by atoms with Gasteiger partial charge in [-0.05, 0) is 43.1 Å². The van der Waals surface area contributed by atoms with E-state index in [0.717, 1.165) is 5.56 Å². The first kappa shape index (κ1) is 42.1. The molecule has 6 atom stereocenters. The van der Waals surface area contributed by atoms with Crippen LogP contribution in [0.1, 0.15) is 71.1 Å². The van der Waals surface area contributed by atoms with Gasteiger partial charge in [-0.1, -0.05) is 58.0 Å². The Labute approximate surface area is 308 Å². The van der Waals surface area contributed by atoms with Crippen LogP contribution in [0.5, 0.6) is 0 Å². The molecule has 1 aliphatic rings. The largest absolute Gasteiger partial charge is 0.480 e. The number of carbonyl (C=O) groups is 7. The Morgan fingerprint density at radius 3 is 2.11 bits per heavy atom. The van der Waals surface area contributed by atoms with Crippen LogP contribution >= 0.6 is 0 Å². The first-order chi connectivity index (χ1) is 25.1. The fraction of sp³-hybridized carbons (Fsp3) is 0.556. The molecule has 0 spiro atoms. The molecule has 1 fully saturated rings. The lowest BCUT2D eigenvalue weighted by molar-refractivity contribution is -0.145. The number of nitrogens with two attached hydrogens (primary N) is 2. The van der Waals surface area contributed by atoms with Crippen molar-refractivity contribution >= 4 is 41.4 Å². The van der Waals surface area contributed by atoms with Gasteiger partial charge in [-0.2, -0.15) is 0 Å². The molecule has 1 aliphatic heterocycles. The number of nitrogens with one attached hydrogen (secondary N) is 5. The number of imidazole rings is 1. The Bertz CT molecular complexity index is 1570. The van der Waals surface area contributed by atoms with E-state index in [2.05, 4.69) is 31.2 Å². The fourth-order valence-electron chi connectivity index (χ4n) is 6.01. The van der Waals surface area contributed by atoms with Gasteiger partial charge < -0.3 is 47.7 Å². The zero-order valence-electron chi connectivity index (χ0n) is 30.7. The number of hydrogen-bond acceptors (Lipinski definition) is 9. The first-order valence-electron chi connectivity index (χ1n) is 17.9. The molecule has 3 rings (SSSR count). The molecule has 53 heavy (non-hydrogen) atoms. The van der Waals surface area contributed by atoms with Gasteiger partial charge in [0.2, 0.25) is 35.4 Å². The molecule has 17 nitrogen and oxygen atoms in total. The lowest BCUT2D eigenvalue weighted by atomic mass is 9.99. The standard InChI is InChI=1S/C36H53N9O8/c1-20(2)15-25(42-32(48)26(16-22-9-6-5-7-10-22)43-34(50)30(38)21(3)4)31(47)41-24(12-13-29(37)46)35(51)45-14-8-11-28(45)33(49)44-27(36(52)53)17-23-18-39-19-40-23/h5-7,9-10,18-21,24-28,30H,8,11-17,38H2,1-4H3,(H2,37,46)(H,39,40)(H,41,47)(H,42,48)(H,43,50)(H,44,49)(H,52,53)/t24-,25-,26-,27-,28-,30-/m0/s1.